The van der Waals surface area contributed by atoms with Gasteiger partial charge in [0.1, 0.15) is 11.2 Å². The van der Waals surface area contributed by atoms with Crippen molar-refractivity contribution in [2.45, 2.75) is 0 Å². The van der Waals surface area contributed by atoms with Gasteiger partial charge in [-0.25, -0.2) is 0 Å². The lowest BCUT2D eigenvalue weighted by atomic mass is 9.85. The molecule has 0 N–H and O–H groups in total. The van der Waals surface area contributed by atoms with Crippen LogP contribution in [0.4, 0.5) is 0 Å². The largest absolute Gasteiger partial charge is 0.456 e. The Bertz CT molecular complexity index is 4390. The van der Waals surface area contributed by atoms with Crippen LogP contribution in [0.2, 0.25) is 0 Å². The van der Waals surface area contributed by atoms with Gasteiger partial charge in [-0.15, -0.1) is 0 Å². The molecule has 49 heavy (non-hydrogen) atoms. The standard InChI is InChI=1S/C48H30O/c1-2-11-31(12-3-1)35-25-27-39-44-29-36(26-28-45(44)49-46(39)30-35)48-42-18-8-6-16-40(42)47(41-17-7-9-19-43(41)48)34-23-21-33(22-24-34)38-20-10-14-32-13-4-5-15-37(32)38/h1-30H/i1D,2D,3D,4D,5D,6D,7D,8D,9D,10D,11D,12D,13D,14D,15D,16D,17D,18D,19D,20D,21D,22D,23D,24D,25D,26D,27D,28D,30D. The van der Waals surface area contributed by atoms with Crippen LogP contribution in [0.15, 0.2) is 186 Å². The summed E-state index contributed by atoms with van der Waals surface area (Å²) >= 11 is 0. The SMILES string of the molecule is [2H]c1c([2H])c([2H])c(-c2c([2H])c([2H])c3c(oc4c([2H])c([2H])c(-c5c6c([2H])c([2H])c([2H])c([2H])c6c(-c6c([2H])c([2H])c(-c7c([2H])c([2H])c([2H])c8c([2H])c([2H])c([2H])c([2H])c78)c([2H])c6[2H])c6c([2H])c([2H])c([2H])c([2H])c56)cc43)c2[2H])c([2H])c1[2H]. The zero-order valence-corrected chi connectivity index (χ0v) is 24.5. The first-order valence-electron chi connectivity index (χ1n) is 29.0. The van der Waals surface area contributed by atoms with Crippen molar-refractivity contribution in [3.8, 4) is 44.5 Å². The van der Waals surface area contributed by atoms with Gasteiger partial charge in [-0.2, -0.15) is 0 Å². The third-order valence-corrected chi connectivity index (χ3v) is 7.93. The highest BCUT2D eigenvalue weighted by atomic mass is 16.3. The maximum atomic E-state index is 9.57. The molecule has 0 fully saturated rings. The second-order valence-corrected chi connectivity index (χ2v) is 10.6. The second kappa shape index (κ2) is 11.1. The zero-order valence-electron chi connectivity index (χ0n) is 53.5. The first-order chi connectivity index (χ1) is 36.4. The number of benzene rings is 9. The summed E-state index contributed by atoms with van der Waals surface area (Å²) in [6.45, 7) is 0. The van der Waals surface area contributed by atoms with E-state index >= 15 is 0 Å². The fraction of sp³-hybridized carbons (Fsp3) is 0. The van der Waals surface area contributed by atoms with E-state index in [1.165, 1.54) is 0 Å². The van der Waals surface area contributed by atoms with Gasteiger partial charge >= 0.3 is 0 Å². The molecule has 9 aromatic carbocycles. The van der Waals surface area contributed by atoms with Crippen LogP contribution in [-0.2, 0) is 0 Å². The van der Waals surface area contributed by atoms with Gasteiger partial charge in [-0.1, -0.05) is 157 Å². The van der Waals surface area contributed by atoms with E-state index in [1.807, 2.05) is 0 Å². The third kappa shape index (κ3) is 4.47. The van der Waals surface area contributed by atoms with Crippen LogP contribution in [-0.4, -0.2) is 0 Å². The van der Waals surface area contributed by atoms with Crippen LogP contribution in [0.1, 0.15) is 39.8 Å². The van der Waals surface area contributed by atoms with E-state index in [0.717, 1.165) is 6.07 Å². The maximum Gasteiger partial charge on any atom is 0.136 e. The Kier molecular flexibility index (Phi) is 2.56. The van der Waals surface area contributed by atoms with E-state index in [2.05, 4.69) is 0 Å². The van der Waals surface area contributed by atoms with Gasteiger partial charge in [0.15, 0.2) is 0 Å². The highest BCUT2D eigenvalue weighted by molar-refractivity contribution is 6.22. The number of hydrogen-bond acceptors (Lipinski definition) is 1. The molecule has 10 rings (SSSR count). The summed E-state index contributed by atoms with van der Waals surface area (Å²) in [5.41, 5.74) is -6.50. The molecule has 0 aliphatic rings. The Morgan fingerprint density at radius 1 is 0.327 bits per heavy atom. The summed E-state index contributed by atoms with van der Waals surface area (Å²) in [4.78, 5) is 0. The number of rotatable bonds is 4. The molecule has 0 amide bonds. The van der Waals surface area contributed by atoms with Crippen molar-refractivity contribution >= 4 is 54.3 Å². The molecular formula is C48H30O. The van der Waals surface area contributed by atoms with E-state index in [1.54, 1.807) is 0 Å². The predicted molar refractivity (Wildman–Crippen MR) is 208 cm³/mol. The van der Waals surface area contributed by atoms with Crippen LogP contribution in [0.5, 0.6) is 0 Å². The topological polar surface area (TPSA) is 13.1 Å². The molecule has 0 unspecified atom stereocenters. The molecular weight excluding hydrogens is 593 g/mol. The number of fused-ring (bicyclic) bond motifs is 6. The van der Waals surface area contributed by atoms with Crippen LogP contribution in [0.25, 0.3) is 98.8 Å². The maximum absolute atomic E-state index is 9.57. The van der Waals surface area contributed by atoms with Crippen molar-refractivity contribution in [2.24, 2.45) is 0 Å². The number of furan rings is 1. The van der Waals surface area contributed by atoms with Gasteiger partial charge in [0.05, 0.1) is 39.8 Å². The van der Waals surface area contributed by atoms with Crippen molar-refractivity contribution < 1.29 is 44.2 Å². The highest BCUT2D eigenvalue weighted by Gasteiger charge is 2.18. The lowest BCUT2D eigenvalue weighted by Crippen LogP contribution is -1.91. The molecule has 0 saturated heterocycles. The van der Waals surface area contributed by atoms with Gasteiger partial charge in [0, 0.05) is 10.8 Å². The first kappa shape index (κ1) is 11.3. The minimum atomic E-state index is -1.08. The molecule has 0 aliphatic carbocycles. The van der Waals surface area contributed by atoms with Crippen LogP contribution >= 0.6 is 0 Å². The lowest BCUT2D eigenvalue weighted by molar-refractivity contribution is 0.669. The molecule has 0 bridgehead atoms. The molecule has 0 radical (unpaired) electrons. The van der Waals surface area contributed by atoms with Gasteiger partial charge < -0.3 is 4.42 Å². The van der Waals surface area contributed by atoms with Crippen molar-refractivity contribution in [2.75, 3.05) is 0 Å². The molecule has 0 saturated carbocycles. The Labute approximate surface area is 325 Å². The lowest BCUT2D eigenvalue weighted by Gasteiger charge is -2.18. The van der Waals surface area contributed by atoms with Crippen molar-refractivity contribution in [3.63, 3.8) is 0 Å². The smallest absolute Gasteiger partial charge is 0.136 e. The molecule has 0 atom stereocenters. The summed E-state index contributed by atoms with van der Waals surface area (Å²) in [6, 6.07) is -25.1. The Morgan fingerprint density at radius 2 is 0.878 bits per heavy atom. The quantitative estimate of drug-likeness (QED) is 0.173. The fourth-order valence-corrected chi connectivity index (χ4v) is 5.80. The molecule has 0 spiro atoms. The second-order valence-electron chi connectivity index (χ2n) is 10.6. The van der Waals surface area contributed by atoms with Gasteiger partial charge in [-0.3, -0.25) is 0 Å². The average Bonchev–Trinajstić information content (AvgIpc) is 3.51. The average molecular weight is 652 g/mol. The van der Waals surface area contributed by atoms with Gasteiger partial charge in [0.2, 0.25) is 0 Å². The van der Waals surface area contributed by atoms with E-state index in [4.69, 9.17) is 27.7 Å². The minimum Gasteiger partial charge on any atom is -0.456 e. The number of hydrogen-bond donors (Lipinski definition) is 0. The third-order valence-electron chi connectivity index (χ3n) is 7.93. The molecule has 1 heterocycles. The van der Waals surface area contributed by atoms with E-state index in [0.29, 0.717) is 0 Å². The Morgan fingerprint density at radius 3 is 1.59 bits per heavy atom. The normalized spacial score (nSPS) is 20.0. The summed E-state index contributed by atoms with van der Waals surface area (Å²) in [5.74, 6) is 0. The van der Waals surface area contributed by atoms with Crippen molar-refractivity contribution in [1.82, 2.24) is 0 Å². The van der Waals surface area contributed by atoms with Crippen LogP contribution in [0.3, 0.4) is 0 Å². The van der Waals surface area contributed by atoms with Crippen molar-refractivity contribution in [3.05, 3.63) is 181 Å². The van der Waals surface area contributed by atoms with E-state index in [-0.39, 0.29) is 5.39 Å². The zero-order chi connectivity index (χ0) is 57.5. The van der Waals surface area contributed by atoms with Gasteiger partial charge in [0.25, 0.3) is 0 Å². The van der Waals surface area contributed by atoms with Crippen LogP contribution < -0.4 is 0 Å². The molecule has 1 nitrogen and oxygen atoms in total. The Hall–Kier alpha value is -6.44. The van der Waals surface area contributed by atoms with E-state index in [9.17, 15) is 16.4 Å². The highest BCUT2D eigenvalue weighted by Crippen LogP contribution is 2.45. The summed E-state index contributed by atoms with van der Waals surface area (Å²) in [5, 5.41) is -4.61. The summed E-state index contributed by atoms with van der Waals surface area (Å²) in [7, 11) is 0. The van der Waals surface area contributed by atoms with Crippen LogP contribution in [0, 0.1) is 0 Å². The molecule has 1 heteroatoms. The van der Waals surface area contributed by atoms with Crippen molar-refractivity contribution in [1.29, 1.82) is 0 Å². The minimum absolute atomic E-state index is 0.303. The van der Waals surface area contributed by atoms with Gasteiger partial charge in [-0.05, 0) is 101 Å². The molecule has 0 aliphatic heterocycles. The molecule has 1 aromatic heterocycles. The van der Waals surface area contributed by atoms with E-state index < -0.39 is 269 Å². The summed E-state index contributed by atoms with van der Waals surface area (Å²) in [6.07, 6.45) is 0. The fourth-order valence-electron chi connectivity index (χ4n) is 5.80. The Balaban J connectivity index is 1.40. The monoisotopic (exact) mass is 651 g/mol. The molecule has 228 valence electrons. The first-order valence-corrected chi connectivity index (χ1v) is 14.5. The predicted octanol–water partition coefficient (Wildman–Crippen LogP) is 13.7. The summed E-state index contributed by atoms with van der Waals surface area (Å²) < 4.78 is 265. The molecule has 10 aromatic rings.